The van der Waals surface area contributed by atoms with E-state index in [-0.39, 0.29) is 0 Å². The van der Waals surface area contributed by atoms with Crippen LogP contribution in [0, 0.1) is 0 Å². The highest BCUT2D eigenvalue weighted by atomic mass is 31.4. The fourth-order valence-electron chi connectivity index (χ4n) is 0.929. The van der Waals surface area contributed by atoms with Crippen molar-refractivity contribution in [2.45, 2.75) is 52.6 Å². The van der Waals surface area contributed by atoms with Crippen molar-refractivity contribution in [1.82, 2.24) is 0 Å². The van der Waals surface area contributed by atoms with Crippen LogP contribution in [0.3, 0.4) is 0 Å². The minimum absolute atomic E-state index is 0.534. The van der Waals surface area contributed by atoms with E-state index in [0.29, 0.717) is 6.61 Å². The summed E-state index contributed by atoms with van der Waals surface area (Å²) in [5.41, 5.74) is 0. The average Bonchev–Trinajstić information content (AvgIpc) is 1.95. The molecule has 0 radical (unpaired) electrons. The van der Waals surface area contributed by atoms with Crippen LogP contribution in [0.5, 0.6) is 0 Å². The van der Waals surface area contributed by atoms with Gasteiger partial charge in [-0.05, 0) is 26.1 Å². The maximum atomic E-state index is 12.7. The molecule has 6 heteroatoms. The van der Waals surface area contributed by atoms with E-state index in [1.807, 2.05) is 26.6 Å². The molecule has 0 aliphatic heterocycles. The van der Waals surface area contributed by atoms with Gasteiger partial charge in [0, 0.05) is 0 Å². The van der Waals surface area contributed by atoms with Gasteiger partial charge in [0.15, 0.2) is 16.1 Å². The van der Waals surface area contributed by atoms with Crippen molar-refractivity contribution in [3.05, 3.63) is 0 Å². The van der Waals surface area contributed by atoms with Gasteiger partial charge in [-0.15, -0.1) is 0 Å². The Kier molecular flexibility index (Phi) is 5.48. The first-order valence-corrected chi connectivity index (χ1v) is 14.8. The van der Waals surface area contributed by atoms with Crippen LogP contribution in [-0.2, 0) is 13.3 Å². The van der Waals surface area contributed by atoms with Crippen LogP contribution in [0.4, 0.5) is 0 Å². The van der Waals surface area contributed by atoms with Crippen molar-refractivity contribution in [3.63, 3.8) is 0 Å². The third kappa shape index (κ3) is 5.45. The predicted molar refractivity (Wildman–Crippen MR) is 71.6 cm³/mol. The van der Waals surface area contributed by atoms with Crippen LogP contribution >= 0.6 is 7.14 Å². The van der Waals surface area contributed by atoms with Gasteiger partial charge in [0.25, 0.3) is 7.14 Å². The first-order chi connectivity index (χ1) is 6.52. The van der Waals surface area contributed by atoms with E-state index in [1.165, 1.54) is 0 Å². The molecule has 0 aliphatic rings. The van der Waals surface area contributed by atoms with E-state index in [0.717, 1.165) is 6.42 Å². The molecule has 0 amide bonds. The Hall–Kier alpha value is 0.584. The Morgan fingerprint density at radius 2 is 1.53 bits per heavy atom. The molecule has 0 aromatic rings. The Bertz CT molecular complexity index is 243. The molecule has 0 N–H and O–H groups in total. The van der Waals surface area contributed by atoms with E-state index >= 15 is 0 Å². The molecular formula is C9H25O3PSi2. The highest BCUT2D eigenvalue weighted by Gasteiger charge is 2.44. The minimum Gasteiger partial charge on any atom is -0.355 e. The molecule has 0 aromatic carbocycles. The van der Waals surface area contributed by atoms with Gasteiger partial charge in [-0.2, -0.15) is 0 Å². The molecule has 0 aliphatic carbocycles. The summed E-state index contributed by atoms with van der Waals surface area (Å²) >= 11 is 0. The molecule has 15 heavy (non-hydrogen) atoms. The highest BCUT2D eigenvalue weighted by molar-refractivity contribution is 7.93. The van der Waals surface area contributed by atoms with Gasteiger partial charge >= 0.3 is 0 Å². The van der Waals surface area contributed by atoms with Crippen molar-refractivity contribution in [3.8, 4) is 0 Å². The lowest BCUT2D eigenvalue weighted by molar-refractivity contribution is 0.276. The van der Waals surface area contributed by atoms with Crippen molar-refractivity contribution < 1.29 is 13.3 Å². The van der Waals surface area contributed by atoms with Crippen LogP contribution < -0.4 is 0 Å². The standard InChI is InChI=1S/C9H25O3PSi2/c1-8-9-11-13(10,15(5,6)7)12-14(2,3)4/h8-9H2,1-7H3. The lowest BCUT2D eigenvalue weighted by Gasteiger charge is -2.33. The van der Waals surface area contributed by atoms with E-state index in [9.17, 15) is 4.57 Å². The Morgan fingerprint density at radius 1 is 1.07 bits per heavy atom. The summed E-state index contributed by atoms with van der Waals surface area (Å²) in [5, 5.41) is 0. The Balaban J connectivity index is 4.81. The van der Waals surface area contributed by atoms with E-state index in [4.69, 9.17) is 8.74 Å². The third-order valence-corrected chi connectivity index (χ3v) is 13.1. The fraction of sp³-hybridized carbons (Fsp3) is 1.00. The van der Waals surface area contributed by atoms with E-state index in [1.54, 1.807) is 0 Å². The summed E-state index contributed by atoms with van der Waals surface area (Å²) < 4.78 is 24.0. The Labute approximate surface area is 96.1 Å². The highest BCUT2D eigenvalue weighted by Crippen LogP contribution is 2.58. The molecule has 1 unspecified atom stereocenters. The van der Waals surface area contributed by atoms with Crippen molar-refractivity contribution in [2.24, 2.45) is 0 Å². The molecule has 0 aromatic heterocycles. The molecule has 0 saturated heterocycles. The molecule has 1 atom stereocenters. The number of hydrogen-bond acceptors (Lipinski definition) is 3. The lowest BCUT2D eigenvalue weighted by Crippen LogP contribution is -2.33. The molecule has 0 fully saturated rings. The molecule has 0 heterocycles. The van der Waals surface area contributed by atoms with Gasteiger partial charge in [-0.3, -0.25) is 4.57 Å². The summed E-state index contributed by atoms with van der Waals surface area (Å²) in [6.45, 7) is 14.8. The molecular weight excluding hydrogens is 243 g/mol. The molecule has 0 saturated carbocycles. The van der Waals surface area contributed by atoms with Crippen molar-refractivity contribution in [1.29, 1.82) is 0 Å². The second-order valence-corrected chi connectivity index (χ2v) is 21.9. The zero-order valence-electron chi connectivity index (χ0n) is 11.1. The van der Waals surface area contributed by atoms with Gasteiger partial charge in [-0.25, -0.2) is 0 Å². The SMILES string of the molecule is CCCOP(=O)(O[Si](C)(C)C)[Si](C)(C)C. The fourth-order valence-corrected chi connectivity index (χ4v) is 12.3. The zero-order valence-corrected chi connectivity index (χ0v) is 14.0. The molecule has 0 rings (SSSR count). The first-order valence-electron chi connectivity index (χ1n) is 5.47. The largest absolute Gasteiger partial charge is 0.355 e. The summed E-state index contributed by atoms with van der Waals surface area (Å²) in [4.78, 5) is 0. The maximum absolute atomic E-state index is 12.7. The van der Waals surface area contributed by atoms with Gasteiger partial charge in [0.1, 0.15) is 0 Å². The second-order valence-electron chi connectivity index (χ2n) is 5.71. The topological polar surface area (TPSA) is 35.5 Å². The zero-order chi connectivity index (χ0) is 12.3. The summed E-state index contributed by atoms with van der Waals surface area (Å²) in [5.74, 6) is 0. The summed E-state index contributed by atoms with van der Waals surface area (Å²) in [6.07, 6.45) is 0.879. The van der Waals surface area contributed by atoms with Gasteiger partial charge in [-0.1, -0.05) is 26.6 Å². The van der Waals surface area contributed by atoms with Crippen LogP contribution in [0.15, 0.2) is 0 Å². The van der Waals surface area contributed by atoms with E-state index < -0.39 is 23.2 Å². The maximum Gasteiger partial charge on any atom is 0.287 e. The number of hydrogen-bond donors (Lipinski definition) is 0. The van der Waals surface area contributed by atoms with Gasteiger partial charge in [0.05, 0.1) is 6.61 Å². The summed E-state index contributed by atoms with van der Waals surface area (Å²) in [7, 11) is -6.56. The first kappa shape index (κ1) is 15.6. The monoisotopic (exact) mass is 268 g/mol. The van der Waals surface area contributed by atoms with Crippen LogP contribution in [-0.4, -0.2) is 22.7 Å². The molecule has 0 spiro atoms. The van der Waals surface area contributed by atoms with Gasteiger partial charge in [0.2, 0.25) is 0 Å². The van der Waals surface area contributed by atoms with Crippen LogP contribution in [0.1, 0.15) is 13.3 Å². The predicted octanol–water partition coefficient (Wildman–Crippen LogP) is 4.29. The molecule has 3 nitrogen and oxygen atoms in total. The minimum atomic E-state index is -2.84. The Morgan fingerprint density at radius 3 is 1.80 bits per heavy atom. The molecule has 92 valence electrons. The van der Waals surface area contributed by atoms with Crippen LogP contribution in [0.25, 0.3) is 0 Å². The average molecular weight is 268 g/mol. The second kappa shape index (κ2) is 5.28. The lowest BCUT2D eigenvalue weighted by atomic mass is 10.5. The molecule has 0 bridgehead atoms. The summed E-state index contributed by atoms with van der Waals surface area (Å²) in [6, 6.07) is 0. The van der Waals surface area contributed by atoms with Crippen molar-refractivity contribution in [2.75, 3.05) is 6.61 Å². The smallest absolute Gasteiger partial charge is 0.287 e. The number of rotatable bonds is 6. The van der Waals surface area contributed by atoms with E-state index in [2.05, 4.69) is 19.6 Å². The third-order valence-electron chi connectivity index (χ3n) is 1.68. The quantitative estimate of drug-likeness (QED) is 0.532. The van der Waals surface area contributed by atoms with Crippen molar-refractivity contribution >= 4 is 23.2 Å². The van der Waals surface area contributed by atoms with Crippen LogP contribution in [0.2, 0.25) is 39.3 Å². The normalized spacial score (nSPS) is 17.5. The van der Waals surface area contributed by atoms with Gasteiger partial charge < -0.3 is 8.74 Å².